The number of ether oxygens (including phenoxy) is 2. The first-order valence-electron chi connectivity index (χ1n) is 13.0. The summed E-state index contributed by atoms with van der Waals surface area (Å²) in [6.07, 6.45) is 0. The van der Waals surface area contributed by atoms with E-state index >= 15 is 0 Å². The standard InChI is InChI=1S/C30H32N4O4S/c1-6-37-14-15-38-24-9-7-8-23(16-24)21-10-12-22(13-11-21)27-25-17(2)19(4)39-29(25)34-20(5)32-33-28(34)26(31-27)18(3)30(35)36/h7-13,16,18,26H,6,14-15H2,1-5H3,(H,35,36)/t18?,26-/m0/s1. The Balaban J connectivity index is 1.55. The second kappa shape index (κ2) is 11.1. The Bertz CT molecular complexity index is 1540. The summed E-state index contributed by atoms with van der Waals surface area (Å²) < 4.78 is 13.2. The van der Waals surface area contributed by atoms with Crippen LogP contribution in [0.3, 0.4) is 0 Å². The number of carboxylic acid groups (broad SMARTS) is 1. The van der Waals surface area contributed by atoms with Gasteiger partial charge in [-0.1, -0.05) is 36.4 Å². The van der Waals surface area contributed by atoms with Crippen LogP contribution in [0.4, 0.5) is 0 Å². The van der Waals surface area contributed by atoms with Gasteiger partial charge in [-0.2, -0.15) is 0 Å². The van der Waals surface area contributed by atoms with Crippen molar-refractivity contribution in [1.82, 2.24) is 14.8 Å². The predicted molar refractivity (Wildman–Crippen MR) is 152 cm³/mol. The van der Waals surface area contributed by atoms with E-state index in [2.05, 4.69) is 54.4 Å². The monoisotopic (exact) mass is 544 g/mol. The first kappa shape index (κ1) is 26.8. The number of carbonyl (C=O) groups is 1. The molecule has 0 saturated carbocycles. The third-order valence-corrected chi connectivity index (χ3v) is 8.27. The average Bonchev–Trinajstić information content (AvgIpc) is 3.40. The summed E-state index contributed by atoms with van der Waals surface area (Å²) in [5.41, 5.74) is 5.90. The number of hydrogen-bond acceptors (Lipinski definition) is 7. The molecule has 1 aliphatic rings. The van der Waals surface area contributed by atoms with E-state index < -0.39 is 17.9 Å². The fraction of sp³-hybridized carbons (Fsp3) is 0.333. The van der Waals surface area contributed by atoms with E-state index in [4.69, 9.17) is 14.5 Å². The van der Waals surface area contributed by atoms with Crippen LogP contribution in [-0.4, -0.2) is 51.4 Å². The fourth-order valence-electron chi connectivity index (χ4n) is 4.77. The highest BCUT2D eigenvalue weighted by Crippen LogP contribution is 2.40. The minimum Gasteiger partial charge on any atom is -0.491 e. The van der Waals surface area contributed by atoms with Crippen LogP contribution in [0.2, 0.25) is 0 Å². The van der Waals surface area contributed by atoms with E-state index in [9.17, 15) is 9.90 Å². The van der Waals surface area contributed by atoms with Crippen molar-refractivity contribution < 1.29 is 19.4 Å². The second-order valence-electron chi connectivity index (χ2n) is 9.60. The number of hydrogen-bond donors (Lipinski definition) is 1. The summed E-state index contributed by atoms with van der Waals surface area (Å²) in [7, 11) is 0. The molecular weight excluding hydrogens is 512 g/mol. The van der Waals surface area contributed by atoms with Gasteiger partial charge in [0.05, 0.1) is 18.2 Å². The molecule has 0 bridgehead atoms. The molecular formula is C30H32N4O4S. The maximum Gasteiger partial charge on any atom is 0.308 e. The Labute approximate surface area is 232 Å². The van der Waals surface area contributed by atoms with Crippen molar-refractivity contribution in [3.63, 3.8) is 0 Å². The molecule has 3 heterocycles. The molecule has 2 aromatic carbocycles. The number of fused-ring (bicyclic) bond motifs is 3. The Kier molecular flexibility index (Phi) is 7.63. The van der Waals surface area contributed by atoms with Crippen molar-refractivity contribution in [2.45, 2.75) is 40.7 Å². The molecule has 5 rings (SSSR count). The normalized spacial score (nSPS) is 15.2. The van der Waals surface area contributed by atoms with Crippen molar-refractivity contribution in [2.24, 2.45) is 10.9 Å². The highest BCUT2D eigenvalue weighted by atomic mass is 32.1. The second-order valence-corrected chi connectivity index (χ2v) is 10.8. The van der Waals surface area contributed by atoms with Gasteiger partial charge in [-0.3, -0.25) is 14.4 Å². The number of thiophene rings is 1. The molecule has 0 radical (unpaired) electrons. The van der Waals surface area contributed by atoms with Gasteiger partial charge in [0.1, 0.15) is 29.2 Å². The maximum absolute atomic E-state index is 12.1. The molecule has 39 heavy (non-hydrogen) atoms. The van der Waals surface area contributed by atoms with E-state index in [1.807, 2.05) is 36.6 Å². The van der Waals surface area contributed by atoms with Crippen molar-refractivity contribution in [3.8, 4) is 21.9 Å². The topological polar surface area (TPSA) is 98.8 Å². The third-order valence-electron chi connectivity index (χ3n) is 7.08. The van der Waals surface area contributed by atoms with Crippen LogP contribution in [-0.2, 0) is 9.53 Å². The van der Waals surface area contributed by atoms with Gasteiger partial charge in [-0.15, -0.1) is 21.5 Å². The summed E-state index contributed by atoms with van der Waals surface area (Å²) in [6, 6.07) is 15.6. The zero-order chi connectivity index (χ0) is 27.7. The van der Waals surface area contributed by atoms with Crippen molar-refractivity contribution in [2.75, 3.05) is 19.8 Å². The summed E-state index contributed by atoms with van der Waals surface area (Å²) in [5.74, 6) is 0.361. The molecule has 0 fully saturated rings. The number of nitrogens with zero attached hydrogens (tertiary/aromatic N) is 4. The SMILES string of the molecule is CCOCCOc1cccc(-c2ccc(C3=N[C@@H](C(C)C(=O)O)c4nnc(C)n4-c4sc(C)c(C)c43)cc2)c1. The van der Waals surface area contributed by atoms with Crippen LogP contribution < -0.4 is 4.74 Å². The molecule has 1 N–H and O–H groups in total. The minimum atomic E-state index is -0.924. The molecule has 9 heteroatoms. The molecule has 0 saturated heterocycles. The Morgan fingerprint density at radius 1 is 1.05 bits per heavy atom. The first-order valence-corrected chi connectivity index (χ1v) is 13.9. The maximum atomic E-state index is 12.1. The average molecular weight is 545 g/mol. The predicted octanol–water partition coefficient (Wildman–Crippen LogP) is 5.95. The summed E-state index contributed by atoms with van der Waals surface area (Å²) >= 11 is 1.66. The van der Waals surface area contributed by atoms with E-state index in [1.165, 1.54) is 4.88 Å². The first-order chi connectivity index (χ1) is 18.8. The molecule has 1 unspecified atom stereocenters. The molecule has 202 valence electrons. The number of aryl methyl sites for hydroxylation is 2. The quantitative estimate of drug-likeness (QED) is 0.262. The molecule has 8 nitrogen and oxygen atoms in total. The van der Waals surface area contributed by atoms with Crippen LogP contribution >= 0.6 is 11.3 Å². The number of aromatic nitrogens is 3. The Hall–Kier alpha value is -3.82. The molecule has 0 amide bonds. The molecule has 4 aromatic rings. The van der Waals surface area contributed by atoms with Gasteiger partial charge >= 0.3 is 5.97 Å². The van der Waals surface area contributed by atoms with E-state index in [-0.39, 0.29) is 0 Å². The van der Waals surface area contributed by atoms with Crippen molar-refractivity contribution in [3.05, 3.63) is 81.7 Å². The fourth-order valence-corrected chi connectivity index (χ4v) is 5.98. The zero-order valence-corrected chi connectivity index (χ0v) is 23.6. The molecule has 2 atom stereocenters. The van der Waals surface area contributed by atoms with Gasteiger partial charge in [0.15, 0.2) is 5.82 Å². The highest BCUT2D eigenvalue weighted by Gasteiger charge is 2.36. The number of carboxylic acids is 1. The Morgan fingerprint density at radius 3 is 2.51 bits per heavy atom. The zero-order valence-electron chi connectivity index (χ0n) is 22.8. The summed E-state index contributed by atoms with van der Waals surface area (Å²) in [6.45, 7) is 11.4. The molecule has 1 aliphatic heterocycles. The summed E-state index contributed by atoms with van der Waals surface area (Å²) in [4.78, 5) is 18.4. The largest absolute Gasteiger partial charge is 0.491 e. The lowest BCUT2D eigenvalue weighted by molar-refractivity contribution is -0.141. The van der Waals surface area contributed by atoms with Crippen LogP contribution in [0.15, 0.2) is 53.5 Å². The number of rotatable bonds is 9. The van der Waals surface area contributed by atoms with E-state index in [1.54, 1.807) is 18.3 Å². The highest BCUT2D eigenvalue weighted by molar-refractivity contribution is 7.15. The van der Waals surface area contributed by atoms with Gasteiger partial charge in [0, 0.05) is 22.6 Å². The molecule has 2 aromatic heterocycles. The van der Waals surface area contributed by atoms with Crippen LogP contribution in [0, 0.1) is 26.7 Å². The van der Waals surface area contributed by atoms with E-state index in [0.717, 1.165) is 44.3 Å². The van der Waals surface area contributed by atoms with Crippen molar-refractivity contribution >= 4 is 23.0 Å². The van der Waals surface area contributed by atoms with Gasteiger partial charge in [0.2, 0.25) is 0 Å². The van der Waals surface area contributed by atoms with Gasteiger partial charge < -0.3 is 14.6 Å². The van der Waals surface area contributed by atoms with Gasteiger partial charge in [-0.05, 0) is 63.4 Å². The van der Waals surface area contributed by atoms with Crippen LogP contribution in [0.1, 0.15) is 53.1 Å². The summed E-state index contributed by atoms with van der Waals surface area (Å²) in [5, 5.41) is 19.6. The third kappa shape index (κ3) is 5.12. The van der Waals surface area contributed by atoms with Gasteiger partial charge in [-0.25, -0.2) is 0 Å². The minimum absolute atomic E-state index is 0.500. The van der Waals surface area contributed by atoms with Crippen LogP contribution in [0.25, 0.3) is 16.1 Å². The number of aliphatic imine (C=N–C) groups is 1. The van der Waals surface area contributed by atoms with Crippen LogP contribution in [0.5, 0.6) is 5.75 Å². The Morgan fingerprint density at radius 2 is 1.79 bits per heavy atom. The number of benzene rings is 2. The number of aliphatic carboxylic acids is 1. The smallest absolute Gasteiger partial charge is 0.308 e. The molecule has 0 aliphatic carbocycles. The van der Waals surface area contributed by atoms with Crippen molar-refractivity contribution in [1.29, 1.82) is 0 Å². The lowest BCUT2D eigenvalue weighted by Gasteiger charge is -2.16. The molecule has 0 spiro atoms. The lowest BCUT2D eigenvalue weighted by Crippen LogP contribution is -2.21. The van der Waals surface area contributed by atoms with E-state index in [0.29, 0.717) is 31.5 Å². The van der Waals surface area contributed by atoms with Gasteiger partial charge in [0.25, 0.3) is 0 Å². The lowest BCUT2D eigenvalue weighted by atomic mass is 9.96.